The molecule has 1 aliphatic rings. The number of benzene rings is 1. The van der Waals surface area contributed by atoms with Crippen molar-refractivity contribution in [3.8, 4) is 0 Å². The van der Waals surface area contributed by atoms with Crippen LogP contribution < -0.4 is 5.32 Å². The van der Waals surface area contributed by atoms with Gasteiger partial charge in [-0.25, -0.2) is 0 Å². The molecule has 1 amide bonds. The lowest BCUT2D eigenvalue weighted by atomic mass is 10.1. The van der Waals surface area contributed by atoms with Gasteiger partial charge in [-0.3, -0.25) is 4.79 Å². The van der Waals surface area contributed by atoms with E-state index in [2.05, 4.69) is 20.1 Å². The minimum absolute atomic E-state index is 0.0137. The molecule has 0 saturated carbocycles. The molecule has 23 heavy (non-hydrogen) atoms. The fourth-order valence-electron chi connectivity index (χ4n) is 2.80. The van der Waals surface area contributed by atoms with Gasteiger partial charge in [-0.2, -0.15) is 0 Å². The van der Waals surface area contributed by atoms with Gasteiger partial charge in [0.05, 0.1) is 11.8 Å². The van der Waals surface area contributed by atoms with Gasteiger partial charge in [0.1, 0.15) is 5.82 Å². The number of rotatable bonds is 5. The van der Waals surface area contributed by atoms with E-state index in [1.54, 1.807) is 0 Å². The predicted molar refractivity (Wildman–Crippen MR) is 91.3 cm³/mol. The van der Waals surface area contributed by atoms with Gasteiger partial charge in [0, 0.05) is 13.0 Å². The Balaban J connectivity index is 1.54. The van der Waals surface area contributed by atoms with Gasteiger partial charge < -0.3 is 9.88 Å². The molecule has 0 bridgehead atoms. The second kappa shape index (κ2) is 7.64. The zero-order valence-corrected chi connectivity index (χ0v) is 14.2. The number of hydrogen-bond acceptors (Lipinski definition) is 4. The highest BCUT2D eigenvalue weighted by atomic mass is 32.2. The van der Waals surface area contributed by atoms with Crippen LogP contribution in [0.3, 0.4) is 0 Å². The molecule has 0 radical (unpaired) electrons. The van der Waals surface area contributed by atoms with Crippen molar-refractivity contribution in [1.29, 1.82) is 0 Å². The van der Waals surface area contributed by atoms with Crippen LogP contribution >= 0.6 is 11.8 Å². The zero-order chi connectivity index (χ0) is 16.1. The second-order valence-electron chi connectivity index (χ2n) is 5.85. The molecule has 5 nitrogen and oxygen atoms in total. The van der Waals surface area contributed by atoms with Crippen LogP contribution in [0.1, 0.15) is 43.6 Å². The summed E-state index contributed by atoms with van der Waals surface area (Å²) in [6.45, 7) is 2.97. The smallest absolute Gasteiger partial charge is 0.230 e. The first kappa shape index (κ1) is 16.1. The maximum absolute atomic E-state index is 12.2. The lowest BCUT2D eigenvalue weighted by molar-refractivity contribution is -0.119. The lowest BCUT2D eigenvalue weighted by Gasteiger charge is -2.14. The summed E-state index contributed by atoms with van der Waals surface area (Å²) in [4.78, 5) is 12.2. The topological polar surface area (TPSA) is 59.8 Å². The van der Waals surface area contributed by atoms with Crippen molar-refractivity contribution >= 4 is 17.7 Å². The SMILES string of the molecule is C[C@@H](NC(=O)CSc1nnc2n1CCCCC2)c1ccccc1. The molecule has 1 aromatic carbocycles. The number of aromatic nitrogens is 3. The van der Waals surface area contributed by atoms with Crippen LogP contribution in [0, 0.1) is 0 Å². The molecule has 0 spiro atoms. The fourth-order valence-corrected chi connectivity index (χ4v) is 3.60. The van der Waals surface area contributed by atoms with Crippen LogP contribution in [0.25, 0.3) is 0 Å². The van der Waals surface area contributed by atoms with E-state index in [-0.39, 0.29) is 11.9 Å². The molecular weight excluding hydrogens is 308 g/mol. The average Bonchev–Trinajstić information content (AvgIpc) is 2.80. The van der Waals surface area contributed by atoms with Gasteiger partial charge in [0.2, 0.25) is 5.91 Å². The molecule has 6 heteroatoms. The van der Waals surface area contributed by atoms with Gasteiger partial charge in [-0.1, -0.05) is 48.5 Å². The van der Waals surface area contributed by atoms with Crippen molar-refractivity contribution in [1.82, 2.24) is 20.1 Å². The predicted octanol–water partition coefficient (Wildman–Crippen LogP) is 2.97. The highest BCUT2D eigenvalue weighted by Crippen LogP contribution is 2.22. The van der Waals surface area contributed by atoms with Crippen LogP contribution in [-0.4, -0.2) is 26.4 Å². The number of nitrogens with zero attached hydrogens (tertiary/aromatic N) is 3. The van der Waals surface area contributed by atoms with E-state index in [0.29, 0.717) is 5.75 Å². The first-order valence-electron chi connectivity index (χ1n) is 8.13. The van der Waals surface area contributed by atoms with Gasteiger partial charge in [0.25, 0.3) is 0 Å². The van der Waals surface area contributed by atoms with Crippen LogP contribution in [0.5, 0.6) is 0 Å². The molecule has 2 heterocycles. The van der Waals surface area contributed by atoms with Crippen LogP contribution in [0.15, 0.2) is 35.5 Å². The quantitative estimate of drug-likeness (QED) is 0.856. The number of carbonyl (C=O) groups excluding carboxylic acids is 1. The van der Waals surface area contributed by atoms with E-state index in [9.17, 15) is 4.79 Å². The Bertz CT molecular complexity index is 656. The molecule has 1 atom stereocenters. The van der Waals surface area contributed by atoms with Crippen molar-refractivity contribution in [3.63, 3.8) is 0 Å². The minimum Gasteiger partial charge on any atom is -0.349 e. The van der Waals surface area contributed by atoms with Crippen LogP contribution in [0.2, 0.25) is 0 Å². The highest BCUT2D eigenvalue weighted by molar-refractivity contribution is 7.99. The van der Waals surface area contributed by atoms with Crippen molar-refractivity contribution in [3.05, 3.63) is 41.7 Å². The fraction of sp³-hybridized carbons (Fsp3) is 0.471. The Morgan fingerprint density at radius 2 is 2.09 bits per heavy atom. The maximum atomic E-state index is 12.2. The lowest BCUT2D eigenvalue weighted by Crippen LogP contribution is -2.28. The number of carbonyl (C=O) groups is 1. The van der Waals surface area contributed by atoms with Crippen molar-refractivity contribution in [2.24, 2.45) is 0 Å². The van der Waals surface area contributed by atoms with Gasteiger partial charge >= 0.3 is 0 Å². The molecule has 1 N–H and O–H groups in total. The number of aryl methyl sites for hydroxylation is 1. The maximum Gasteiger partial charge on any atom is 0.230 e. The number of thioether (sulfide) groups is 1. The normalized spacial score (nSPS) is 15.5. The van der Waals surface area contributed by atoms with Gasteiger partial charge in [-0.05, 0) is 25.3 Å². The number of nitrogens with one attached hydrogen (secondary N) is 1. The third-order valence-corrected chi connectivity index (χ3v) is 5.05. The molecule has 0 fully saturated rings. The molecule has 1 aromatic heterocycles. The number of fused-ring (bicyclic) bond motifs is 1. The first-order chi connectivity index (χ1) is 11.2. The Labute approximate surface area is 140 Å². The Morgan fingerprint density at radius 1 is 1.26 bits per heavy atom. The molecule has 122 valence electrons. The number of amides is 1. The van der Waals surface area contributed by atoms with Crippen molar-refractivity contribution in [2.45, 2.75) is 50.4 Å². The van der Waals surface area contributed by atoms with Gasteiger partial charge in [-0.15, -0.1) is 10.2 Å². The highest BCUT2D eigenvalue weighted by Gasteiger charge is 2.16. The second-order valence-corrected chi connectivity index (χ2v) is 6.79. The summed E-state index contributed by atoms with van der Waals surface area (Å²) < 4.78 is 2.17. The third-order valence-electron chi connectivity index (χ3n) is 4.08. The monoisotopic (exact) mass is 330 g/mol. The average molecular weight is 330 g/mol. The van der Waals surface area contributed by atoms with Crippen LogP contribution in [-0.2, 0) is 17.8 Å². The molecular formula is C17H22N4OS. The molecule has 0 aliphatic carbocycles. The molecule has 2 aromatic rings. The zero-order valence-electron chi connectivity index (χ0n) is 13.4. The summed E-state index contributed by atoms with van der Waals surface area (Å²) in [5, 5.41) is 12.4. The standard InChI is InChI=1S/C17H22N4OS/c1-13(14-8-4-2-5-9-14)18-16(22)12-23-17-20-19-15-10-6-3-7-11-21(15)17/h2,4-5,8-9,13H,3,6-7,10-12H2,1H3,(H,18,22)/t13-/m1/s1. The van der Waals surface area contributed by atoms with Crippen molar-refractivity contribution in [2.75, 3.05) is 5.75 Å². The van der Waals surface area contributed by atoms with E-state index in [1.807, 2.05) is 37.3 Å². The summed E-state index contributed by atoms with van der Waals surface area (Å²) >= 11 is 1.47. The van der Waals surface area contributed by atoms with Crippen LogP contribution in [0.4, 0.5) is 0 Å². The Kier molecular flexibility index (Phi) is 5.33. The molecule has 3 rings (SSSR count). The summed E-state index contributed by atoms with van der Waals surface area (Å²) in [5.41, 5.74) is 1.11. The summed E-state index contributed by atoms with van der Waals surface area (Å²) in [5.74, 6) is 1.45. The van der Waals surface area contributed by atoms with E-state index in [4.69, 9.17) is 0 Å². The van der Waals surface area contributed by atoms with E-state index in [1.165, 1.54) is 24.6 Å². The van der Waals surface area contributed by atoms with Gasteiger partial charge in [0.15, 0.2) is 5.16 Å². The van der Waals surface area contributed by atoms with E-state index < -0.39 is 0 Å². The summed E-state index contributed by atoms with van der Waals surface area (Å²) in [6.07, 6.45) is 4.57. The van der Waals surface area contributed by atoms with E-state index >= 15 is 0 Å². The molecule has 1 aliphatic heterocycles. The summed E-state index contributed by atoms with van der Waals surface area (Å²) in [6, 6.07) is 10.0. The Morgan fingerprint density at radius 3 is 2.91 bits per heavy atom. The molecule has 0 saturated heterocycles. The minimum atomic E-state index is 0.0137. The molecule has 0 unspecified atom stereocenters. The third kappa shape index (κ3) is 4.13. The Hall–Kier alpha value is -1.82. The van der Waals surface area contributed by atoms with E-state index in [0.717, 1.165) is 35.9 Å². The summed E-state index contributed by atoms with van der Waals surface area (Å²) in [7, 11) is 0. The first-order valence-corrected chi connectivity index (χ1v) is 9.12. The van der Waals surface area contributed by atoms with Crippen molar-refractivity contribution < 1.29 is 4.79 Å². The largest absolute Gasteiger partial charge is 0.349 e. The number of hydrogen-bond donors (Lipinski definition) is 1.